The van der Waals surface area contributed by atoms with Crippen LogP contribution in [0, 0.1) is 17.0 Å². The zero-order chi connectivity index (χ0) is 21.8. The summed E-state index contributed by atoms with van der Waals surface area (Å²) in [6, 6.07) is 3.17. The Kier molecular flexibility index (Phi) is 7.71. The molecular formula is C16H20N4O6S3. The van der Waals surface area contributed by atoms with Crippen LogP contribution in [0.2, 0.25) is 0 Å². The summed E-state index contributed by atoms with van der Waals surface area (Å²) in [7, 11) is -2.51. The van der Waals surface area contributed by atoms with Crippen molar-refractivity contribution >= 4 is 44.7 Å². The highest BCUT2D eigenvalue weighted by atomic mass is 32.2. The summed E-state index contributed by atoms with van der Waals surface area (Å²) < 4.78 is 32.7. The maximum Gasteiger partial charge on any atom is 0.284 e. The van der Waals surface area contributed by atoms with Gasteiger partial charge in [0, 0.05) is 24.1 Å². The fraction of sp³-hybridized carbons (Fsp3) is 0.375. The van der Waals surface area contributed by atoms with Crippen molar-refractivity contribution in [1.29, 1.82) is 0 Å². The molecule has 0 aliphatic heterocycles. The van der Waals surface area contributed by atoms with Gasteiger partial charge in [0.05, 0.1) is 33.4 Å². The molecule has 0 aliphatic rings. The third-order valence-corrected chi connectivity index (χ3v) is 7.49. The number of nitrogens with two attached hydrogens (primary N) is 1. The number of nitro benzene ring substituents is 1. The third-order valence-electron chi connectivity index (χ3n) is 3.62. The largest absolute Gasteiger partial charge is 0.383 e. The van der Waals surface area contributed by atoms with E-state index in [1.165, 1.54) is 30.6 Å². The molecule has 0 fully saturated rings. The van der Waals surface area contributed by atoms with Crippen LogP contribution in [0.5, 0.6) is 0 Å². The van der Waals surface area contributed by atoms with Gasteiger partial charge < -0.3 is 10.5 Å². The summed E-state index contributed by atoms with van der Waals surface area (Å²) in [4.78, 5) is 27.0. The van der Waals surface area contributed by atoms with Crippen LogP contribution in [0.25, 0.3) is 0 Å². The van der Waals surface area contributed by atoms with E-state index in [0.717, 1.165) is 17.8 Å². The van der Waals surface area contributed by atoms with Crippen LogP contribution in [0.15, 0.2) is 32.3 Å². The van der Waals surface area contributed by atoms with E-state index in [9.17, 15) is 23.3 Å². The van der Waals surface area contributed by atoms with Gasteiger partial charge in [-0.3, -0.25) is 14.9 Å². The number of hydrogen-bond donors (Lipinski definition) is 2. The molecule has 1 amide bonds. The lowest BCUT2D eigenvalue weighted by atomic mass is 10.3. The quantitative estimate of drug-likeness (QED) is 0.402. The van der Waals surface area contributed by atoms with Crippen LogP contribution < -0.4 is 10.5 Å². The highest BCUT2D eigenvalue weighted by Crippen LogP contribution is 2.38. The minimum atomic E-state index is -3.95. The van der Waals surface area contributed by atoms with Crippen molar-refractivity contribution in [2.75, 3.05) is 13.7 Å². The standard InChI is InChI=1S/C16H20N4O6S3/c1-9(8-26-3)19-29(24,25)11-4-5-13(12(6-11)20(22)23)27-16-18-10(2)14(28-16)7-15(17)21/h4-6,9,19H,7-8H2,1-3H3,(H2,17,21)/t9-/m1/s1. The molecule has 158 valence electrons. The Balaban J connectivity index is 2.33. The van der Waals surface area contributed by atoms with Crippen LogP contribution in [0.3, 0.4) is 0 Å². The van der Waals surface area contributed by atoms with E-state index in [-0.39, 0.29) is 28.5 Å². The third kappa shape index (κ3) is 6.21. The number of methoxy groups -OCH3 is 1. The van der Waals surface area contributed by atoms with Gasteiger partial charge in [-0.2, -0.15) is 0 Å². The lowest BCUT2D eigenvalue weighted by molar-refractivity contribution is -0.388. The van der Waals surface area contributed by atoms with Crippen molar-refractivity contribution in [3.63, 3.8) is 0 Å². The van der Waals surface area contributed by atoms with Crippen molar-refractivity contribution in [2.24, 2.45) is 5.73 Å². The molecule has 1 aromatic carbocycles. The molecule has 0 saturated carbocycles. The van der Waals surface area contributed by atoms with Gasteiger partial charge >= 0.3 is 0 Å². The van der Waals surface area contributed by atoms with E-state index in [4.69, 9.17) is 10.5 Å². The number of sulfonamides is 1. The fourth-order valence-electron chi connectivity index (χ4n) is 2.37. The highest BCUT2D eigenvalue weighted by Gasteiger charge is 2.24. The molecule has 0 unspecified atom stereocenters. The first-order valence-corrected chi connectivity index (χ1v) is 11.4. The number of aromatic nitrogens is 1. The highest BCUT2D eigenvalue weighted by molar-refractivity contribution is 8.01. The maximum absolute atomic E-state index is 12.5. The maximum atomic E-state index is 12.5. The van der Waals surface area contributed by atoms with Crippen LogP contribution in [0.1, 0.15) is 17.5 Å². The first kappa shape index (κ1) is 23.2. The van der Waals surface area contributed by atoms with Crippen molar-refractivity contribution in [3.05, 3.63) is 38.9 Å². The Labute approximate surface area is 176 Å². The number of carbonyl (C=O) groups excluding carboxylic acids is 1. The van der Waals surface area contributed by atoms with E-state index in [0.29, 0.717) is 14.9 Å². The molecule has 0 spiro atoms. The van der Waals surface area contributed by atoms with Crippen molar-refractivity contribution in [2.45, 2.75) is 40.4 Å². The summed E-state index contributed by atoms with van der Waals surface area (Å²) in [5, 5.41) is 11.5. The lowest BCUT2D eigenvalue weighted by Gasteiger charge is -2.13. The number of carbonyl (C=O) groups is 1. The van der Waals surface area contributed by atoms with Crippen LogP contribution in [-0.2, 0) is 26.0 Å². The molecule has 0 saturated heterocycles. The number of amides is 1. The second-order valence-corrected chi connectivity index (χ2v) is 10.2. The van der Waals surface area contributed by atoms with Gasteiger partial charge in [-0.15, -0.1) is 11.3 Å². The molecule has 0 radical (unpaired) electrons. The Morgan fingerprint density at radius 3 is 2.76 bits per heavy atom. The molecule has 13 heteroatoms. The number of benzene rings is 1. The summed E-state index contributed by atoms with van der Waals surface area (Å²) in [6.07, 6.45) is 0.0364. The molecule has 29 heavy (non-hydrogen) atoms. The number of rotatable bonds is 10. The number of ether oxygens (including phenoxy) is 1. The van der Waals surface area contributed by atoms with Crippen molar-refractivity contribution in [3.8, 4) is 0 Å². The van der Waals surface area contributed by atoms with Crippen LogP contribution in [0.4, 0.5) is 5.69 Å². The predicted molar refractivity (Wildman–Crippen MR) is 109 cm³/mol. The van der Waals surface area contributed by atoms with E-state index in [1.807, 2.05) is 0 Å². The molecule has 0 aliphatic carbocycles. The first-order chi connectivity index (χ1) is 13.5. The van der Waals surface area contributed by atoms with E-state index in [2.05, 4.69) is 9.71 Å². The van der Waals surface area contributed by atoms with Crippen LogP contribution in [-0.4, -0.2) is 44.0 Å². The number of nitrogens with zero attached hydrogens (tertiary/aromatic N) is 2. The molecule has 1 heterocycles. The normalized spacial score (nSPS) is 12.7. The fourth-order valence-corrected chi connectivity index (χ4v) is 5.90. The van der Waals surface area contributed by atoms with E-state index < -0.39 is 26.9 Å². The number of thiazole rings is 1. The molecule has 3 N–H and O–H groups in total. The summed E-state index contributed by atoms with van der Waals surface area (Å²) >= 11 is 2.24. The first-order valence-electron chi connectivity index (χ1n) is 8.25. The molecule has 1 atom stereocenters. The molecule has 2 aromatic rings. The second-order valence-electron chi connectivity index (χ2n) is 6.10. The van der Waals surface area contributed by atoms with E-state index in [1.54, 1.807) is 13.8 Å². The molecular weight excluding hydrogens is 440 g/mol. The van der Waals surface area contributed by atoms with Gasteiger partial charge in [-0.1, -0.05) is 11.8 Å². The molecule has 2 rings (SSSR count). The van der Waals surface area contributed by atoms with Crippen molar-refractivity contribution in [1.82, 2.24) is 9.71 Å². The van der Waals surface area contributed by atoms with Gasteiger partial charge in [0.15, 0.2) is 4.34 Å². The summed E-state index contributed by atoms with van der Waals surface area (Å²) in [6.45, 7) is 3.50. The van der Waals surface area contributed by atoms with E-state index >= 15 is 0 Å². The van der Waals surface area contributed by atoms with Crippen molar-refractivity contribution < 1.29 is 22.9 Å². The zero-order valence-corrected chi connectivity index (χ0v) is 18.3. The summed E-state index contributed by atoms with van der Waals surface area (Å²) in [5.41, 5.74) is 5.46. The minimum Gasteiger partial charge on any atom is -0.383 e. The Morgan fingerprint density at radius 1 is 1.48 bits per heavy atom. The number of aryl methyl sites for hydroxylation is 1. The number of primary amides is 1. The van der Waals surface area contributed by atoms with Gasteiger partial charge in [0.25, 0.3) is 5.69 Å². The Hall–Kier alpha value is -2.06. The Bertz CT molecular complexity index is 1020. The van der Waals surface area contributed by atoms with Gasteiger partial charge in [-0.05, 0) is 26.0 Å². The average molecular weight is 461 g/mol. The van der Waals surface area contributed by atoms with Gasteiger partial charge in [0.1, 0.15) is 0 Å². The predicted octanol–water partition coefficient (Wildman–Crippen LogP) is 1.85. The second kappa shape index (κ2) is 9.63. The number of nitro groups is 1. The topological polar surface area (TPSA) is 155 Å². The SMILES string of the molecule is COC[C@@H](C)NS(=O)(=O)c1ccc(Sc2nc(C)c(CC(N)=O)s2)c([N+](=O)[O-])c1. The Morgan fingerprint density at radius 2 is 2.17 bits per heavy atom. The minimum absolute atomic E-state index is 0.0364. The zero-order valence-electron chi connectivity index (χ0n) is 15.9. The molecule has 0 bridgehead atoms. The lowest BCUT2D eigenvalue weighted by Crippen LogP contribution is -2.35. The smallest absolute Gasteiger partial charge is 0.284 e. The number of nitrogens with one attached hydrogen (secondary N) is 1. The summed E-state index contributed by atoms with van der Waals surface area (Å²) in [5.74, 6) is -0.496. The average Bonchev–Trinajstić information content (AvgIpc) is 2.93. The van der Waals surface area contributed by atoms with Gasteiger partial charge in [-0.25, -0.2) is 18.1 Å². The number of hydrogen-bond acceptors (Lipinski definition) is 9. The van der Waals surface area contributed by atoms with Gasteiger partial charge in [0.2, 0.25) is 15.9 Å². The monoisotopic (exact) mass is 460 g/mol. The molecule has 1 aromatic heterocycles. The van der Waals surface area contributed by atoms with Crippen LogP contribution >= 0.6 is 23.1 Å². The molecule has 10 nitrogen and oxygen atoms in total.